The van der Waals surface area contributed by atoms with E-state index >= 15 is 0 Å². The van der Waals surface area contributed by atoms with Crippen LogP contribution in [-0.2, 0) is 6.54 Å². The Morgan fingerprint density at radius 1 is 1.00 bits per heavy atom. The van der Waals surface area contributed by atoms with E-state index in [1.54, 1.807) is 0 Å². The third-order valence-electron chi connectivity index (χ3n) is 4.00. The minimum atomic E-state index is -0.313. The van der Waals surface area contributed by atoms with Crippen molar-refractivity contribution in [1.82, 2.24) is 8.52 Å². The van der Waals surface area contributed by atoms with Gasteiger partial charge in [0.1, 0.15) is 0 Å². The van der Waals surface area contributed by atoms with Crippen LogP contribution in [0, 0.1) is 0 Å². The van der Waals surface area contributed by atoms with Gasteiger partial charge in [-0.15, -0.1) is 0 Å². The van der Waals surface area contributed by atoms with Crippen molar-refractivity contribution in [2.45, 2.75) is 34.2 Å². The molecule has 3 aromatic rings. The molecule has 0 saturated carbocycles. The van der Waals surface area contributed by atoms with Crippen molar-refractivity contribution in [2.75, 3.05) is 0 Å². The van der Waals surface area contributed by atoms with Crippen LogP contribution in [0.2, 0.25) is 0 Å². The highest BCUT2D eigenvalue weighted by Gasteiger charge is 2.14. The van der Waals surface area contributed by atoms with Gasteiger partial charge in [0.2, 0.25) is 0 Å². The normalized spacial score (nSPS) is 11.9. The molecule has 0 atom stereocenters. The van der Waals surface area contributed by atoms with Crippen LogP contribution < -0.4 is 10.6 Å². The van der Waals surface area contributed by atoms with E-state index in [1.165, 1.54) is 8.52 Å². The van der Waals surface area contributed by atoms with Crippen molar-refractivity contribution >= 4 is 22.3 Å². The molecule has 3 rings (SSSR count). The Hall–Kier alpha value is -2.92. The van der Waals surface area contributed by atoms with Crippen LogP contribution in [0.1, 0.15) is 27.7 Å². The van der Waals surface area contributed by atoms with Gasteiger partial charge in [0, 0.05) is 16.9 Å². The Balaban J connectivity index is 0.00000136. The van der Waals surface area contributed by atoms with E-state index < -0.39 is 0 Å². The first kappa shape index (κ1) is 21.4. The van der Waals surface area contributed by atoms with E-state index in [-0.39, 0.29) is 17.1 Å². The summed E-state index contributed by atoms with van der Waals surface area (Å²) in [4.78, 5) is 25.1. The predicted molar refractivity (Wildman–Crippen MR) is 121 cm³/mol. The van der Waals surface area contributed by atoms with Gasteiger partial charge in [-0.1, -0.05) is 80.6 Å². The summed E-state index contributed by atoms with van der Waals surface area (Å²) in [7, 11) is 0. The molecule has 0 radical (unpaired) electrons. The lowest BCUT2D eigenvalue weighted by molar-refractivity contribution is 0.722. The summed E-state index contributed by atoms with van der Waals surface area (Å²) >= 11 is 0.935. The van der Waals surface area contributed by atoms with Gasteiger partial charge in [-0.25, -0.2) is 13.3 Å². The maximum atomic E-state index is 12.9. The van der Waals surface area contributed by atoms with Crippen molar-refractivity contribution in [3.8, 4) is 5.69 Å². The maximum absolute atomic E-state index is 12.9. The summed E-state index contributed by atoms with van der Waals surface area (Å²) in [6.07, 6.45) is 9.53. The second kappa shape index (κ2) is 10.4. The van der Waals surface area contributed by atoms with E-state index in [9.17, 15) is 9.59 Å². The number of allylic oxidation sites excluding steroid dienone is 6. The second-order valence-electron chi connectivity index (χ2n) is 5.79. The van der Waals surface area contributed by atoms with Crippen LogP contribution in [0.3, 0.4) is 0 Å². The molecule has 0 fully saturated rings. The molecule has 0 N–H and O–H groups in total. The van der Waals surface area contributed by atoms with Gasteiger partial charge in [0.25, 0.3) is 0 Å². The first-order valence-electron chi connectivity index (χ1n) is 9.41. The molecule has 0 spiro atoms. The van der Waals surface area contributed by atoms with Crippen molar-refractivity contribution < 1.29 is 0 Å². The van der Waals surface area contributed by atoms with Gasteiger partial charge in [-0.3, -0.25) is 4.79 Å². The molecule has 0 amide bonds. The summed E-state index contributed by atoms with van der Waals surface area (Å²) in [5.74, 6) is 0. The number of fused-ring (bicyclic) bond motifs is 1. The highest BCUT2D eigenvalue weighted by atomic mass is 32.1. The Morgan fingerprint density at radius 3 is 2.43 bits per heavy atom. The first-order valence-corrected chi connectivity index (χ1v) is 10.2. The molecule has 1 aromatic heterocycles. The highest BCUT2D eigenvalue weighted by Crippen LogP contribution is 2.21. The zero-order valence-corrected chi connectivity index (χ0v) is 17.6. The fourth-order valence-electron chi connectivity index (χ4n) is 2.80. The topological polar surface area (TPSA) is 44.0 Å². The zero-order valence-electron chi connectivity index (χ0n) is 16.8. The molecule has 5 heteroatoms. The minimum absolute atomic E-state index is 0.251. The van der Waals surface area contributed by atoms with Gasteiger partial charge < -0.3 is 0 Å². The summed E-state index contributed by atoms with van der Waals surface area (Å²) in [6.45, 7) is 8.09. The Labute approximate surface area is 169 Å². The van der Waals surface area contributed by atoms with E-state index in [4.69, 9.17) is 0 Å². The zero-order chi connectivity index (χ0) is 20.5. The van der Waals surface area contributed by atoms with Crippen molar-refractivity contribution in [1.29, 1.82) is 0 Å². The summed E-state index contributed by atoms with van der Waals surface area (Å²) in [6, 6.07) is 13.6. The predicted octanol–water partition coefficient (Wildman–Crippen LogP) is 5.32. The second-order valence-corrected chi connectivity index (χ2v) is 6.68. The largest absolute Gasteiger partial charge is 0.346 e. The lowest BCUT2D eigenvalue weighted by atomic mass is 10.1. The number of hydrogen-bond acceptors (Lipinski definition) is 3. The van der Waals surface area contributed by atoms with Crippen LogP contribution in [0.4, 0.5) is 0 Å². The molecule has 0 unspecified atom stereocenters. The summed E-state index contributed by atoms with van der Waals surface area (Å²) in [5, 5.41) is 1.98. The van der Waals surface area contributed by atoms with Crippen LogP contribution >= 0.6 is 11.5 Å². The molecule has 0 aliphatic rings. The van der Waals surface area contributed by atoms with Crippen molar-refractivity contribution in [3.63, 3.8) is 0 Å². The van der Waals surface area contributed by atoms with Gasteiger partial charge in [0.15, 0.2) is 0 Å². The third kappa shape index (κ3) is 4.67. The number of nitrogens with zero attached hydrogens (tertiary/aromatic N) is 2. The highest BCUT2D eigenvalue weighted by molar-refractivity contribution is 7.04. The Bertz CT molecular complexity index is 1120. The standard InChI is InChI=1S/C21H20N2O2S.C2H6/c1-3-5-10-16(9-4-2)15-22-20(24)23(26-21(22)25)19-14-8-12-17-11-6-7-13-18(17)19;1-2/h3-14H,15H2,1-2H3;1-2H3/b5-3-,9-4-,16-10+;. The van der Waals surface area contributed by atoms with E-state index in [0.29, 0.717) is 0 Å². The van der Waals surface area contributed by atoms with Gasteiger partial charge >= 0.3 is 10.6 Å². The molecule has 4 nitrogen and oxygen atoms in total. The Morgan fingerprint density at radius 2 is 1.71 bits per heavy atom. The number of hydrogen-bond donors (Lipinski definition) is 0. The molecule has 146 valence electrons. The monoisotopic (exact) mass is 394 g/mol. The smallest absolute Gasteiger partial charge is 0.255 e. The van der Waals surface area contributed by atoms with Gasteiger partial charge in [-0.05, 0) is 30.9 Å². The molecule has 0 aliphatic carbocycles. The average molecular weight is 395 g/mol. The first-order chi connectivity index (χ1) is 13.7. The minimum Gasteiger partial charge on any atom is -0.255 e. The number of benzene rings is 2. The van der Waals surface area contributed by atoms with Crippen LogP contribution in [0.15, 0.2) is 88.0 Å². The fraction of sp³-hybridized carbons (Fsp3) is 0.217. The van der Waals surface area contributed by atoms with E-state index in [1.807, 2.05) is 101 Å². The summed E-state index contributed by atoms with van der Waals surface area (Å²) < 4.78 is 2.76. The number of aromatic nitrogens is 2. The van der Waals surface area contributed by atoms with Gasteiger partial charge in [0.05, 0.1) is 12.2 Å². The third-order valence-corrected chi connectivity index (χ3v) is 4.92. The van der Waals surface area contributed by atoms with Crippen LogP contribution in [0.5, 0.6) is 0 Å². The molecular weight excluding hydrogens is 368 g/mol. The molecular formula is C23H26N2O2S. The molecule has 0 saturated heterocycles. The van der Waals surface area contributed by atoms with Crippen LogP contribution in [-0.4, -0.2) is 8.52 Å². The summed E-state index contributed by atoms with van der Waals surface area (Å²) in [5.41, 5.74) is 1.32. The molecule has 0 bridgehead atoms. The molecule has 2 aromatic carbocycles. The van der Waals surface area contributed by atoms with E-state index in [0.717, 1.165) is 33.6 Å². The average Bonchev–Trinajstić information content (AvgIpc) is 3.01. The molecule has 28 heavy (non-hydrogen) atoms. The van der Waals surface area contributed by atoms with Crippen molar-refractivity contribution in [2.24, 2.45) is 0 Å². The lowest BCUT2D eigenvalue weighted by Gasteiger charge is -2.05. The van der Waals surface area contributed by atoms with Gasteiger partial charge in [-0.2, -0.15) is 0 Å². The quantitative estimate of drug-likeness (QED) is 0.550. The molecule has 0 aliphatic heterocycles. The van der Waals surface area contributed by atoms with Crippen molar-refractivity contribution in [3.05, 3.63) is 98.6 Å². The van der Waals surface area contributed by atoms with E-state index in [2.05, 4.69) is 0 Å². The SMILES string of the molecule is CC.C\C=C/C=C(\C=C/C)Cn1c(=O)sn(-c2cccc3ccccc23)c1=O. The lowest BCUT2D eigenvalue weighted by Crippen LogP contribution is -2.29. The molecule has 1 heterocycles. The van der Waals surface area contributed by atoms with Crippen LogP contribution in [0.25, 0.3) is 16.5 Å². The Kier molecular flexibility index (Phi) is 7.96. The number of rotatable bonds is 5. The fourth-order valence-corrected chi connectivity index (χ4v) is 3.63. The maximum Gasteiger partial charge on any atom is 0.346 e.